The van der Waals surface area contributed by atoms with Gasteiger partial charge in [-0.1, -0.05) is 0 Å². The molecule has 0 aliphatic heterocycles. The summed E-state index contributed by atoms with van der Waals surface area (Å²) in [7, 11) is 0. The molecule has 0 atom stereocenters. The second-order valence-electron chi connectivity index (χ2n) is 1.58. The van der Waals surface area contributed by atoms with Crippen molar-refractivity contribution in [3.05, 3.63) is 0 Å². The van der Waals surface area contributed by atoms with Gasteiger partial charge in [0.2, 0.25) is 0 Å². The second-order valence-corrected chi connectivity index (χ2v) is 1.58. The Balaban J connectivity index is -0.0000000600. The Labute approximate surface area is 92.1 Å². The molecule has 0 aliphatic rings. The van der Waals surface area contributed by atoms with Crippen LogP contribution in [0.15, 0.2) is 0 Å². The molecule has 8 heavy (non-hydrogen) atoms. The van der Waals surface area contributed by atoms with Gasteiger partial charge >= 0.3 is 48.9 Å². The normalized spacial score (nSPS) is 7.25. The van der Waals surface area contributed by atoms with Gasteiger partial charge in [-0.25, -0.2) is 0 Å². The van der Waals surface area contributed by atoms with Gasteiger partial charge in [0.05, 0.1) is 6.42 Å². The SMILES string of the molecule is CC(=O)CC(C)=O.[Ba+2].[H-].[H-]. The third-order valence-corrected chi connectivity index (χ3v) is 0.498. The fourth-order valence-electron chi connectivity index (χ4n) is 0.351. The molecule has 0 fully saturated rings. The Morgan fingerprint density at radius 1 is 1.25 bits per heavy atom. The van der Waals surface area contributed by atoms with Crippen molar-refractivity contribution in [2.45, 2.75) is 20.3 Å². The molecule has 3 heteroatoms. The summed E-state index contributed by atoms with van der Waals surface area (Å²) in [6.45, 7) is 2.81. The summed E-state index contributed by atoms with van der Waals surface area (Å²) in [5, 5.41) is 0. The fraction of sp³-hybridized carbons (Fsp3) is 0.600. The number of carbonyl (C=O) groups is 2. The molecule has 0 bridgehead atoms. The summed E-state index contributed by atoms with van der Waals surface area (Å²) >= 11 is 0. The van der Waals surface area contributed by atoms with Crippen LogP contribution in [0.4, 0.5) is 0 Å². The van der Waals surface area contributed by atoms with Crippen molar-refractivity contribution in [1.29, 1.82) is 0 Å². The number of Topliss-reactive ketones (excluding diaryl/α,β-unsaturated/α-hetero) is 2. The number of hydrogen-bond acceptors (Lipinski definition) is 2. The third kappa shape index (κ3) is 10.0. The van der Waals surface area contributed by atoms with E-state index in [1.807, 2.05) is 0 Å². The summed E-state index contributed by atoms with van der Waals surface area (Å²) in [4.78, 5) is 20.1. The van der Waals surface area contributed by atoms with E-state index in [0.717, 1.165) is 0 Å². The second kappa shape index (κ2) is 6.04. The van der Waals surface area contributed by atoms with Crippen LogP contribution in [0, 0.1) is 0 Å². The molecule has 0 amide bonds. The molecule has 0 saturated heterocycles. The van der Waals surface area contributed by atoms with Gasteiger partial charge in [-0.2, -0.15) is 0 Å². The molecule has 2 nitrogen and oxygen atoms in total. The van der Waals surface area contributed by atoms with Crippen LogP contribution >= 0.6 is 0 Å². The van der Waals surface area contributed by atoms with E-state index in [0.29, 0.717) is 0 Å². The molecule has 44 valence electrons. The van der Waals surface area contributed by atoms with Gasteiger partial charge in [0, 0.05) is 0 Å². The Bertz CT molecular complexity index is 93.8. The molecule has 0 spiro atoms. The molecular weight excluding hydrogens is 229 g/mol. The Kier molecular flexibility index (Phi) is 8.81. The van der Waals surface area contributed by atoms with Crippen LogP contribution in [0.25, 0.3) is 0 Å². The van der Waals surface area contributed by atoms with Gasteiger partial charge < -0.3 is 2.85 Å². The minimum Gasteiger partial charge on any atom is -1.00 e. The first-order valence-electron chi connectivity index (χ1n) is 2.12. The molecule has 0 saturated carbocycles. The largest absolute Gasteiger partial charge is 2.00 e. The topological polar surface area (TPSA) is 34.1 Å². The number of rotatable bonds is 2. The summed E-state index contributed by atoms with van der Waals surface area (Å²) in [5.41, 5.74) is 0. The third-order valence-electron chi connectivity index (χ3n) is 0.498. The van der Waals surface area contributed by atoms with Crippen LogP contribution < -0.4 is 0 Å². The number of hydrogen-bond donors (Lipinski definition) is 0. The van der Waals surface area contributed by atoms with E-state index in [1.54, 1.807) is 0 Å². The van der Waals surface area contributed by atoms with E-state index in [9.17, 15) is 9.59 Å². The molecule has 0 rings (SSSR count). The quantitative estimate of drug-likeness (QED) is 0.516. The minimum absolute atomic E-state index is 0. The Morgan fingerprint density at radius 2 is 1.50 bits per heavy atom. The Morgan fingerprint density at radius 3 is 1.50 bits per heavy atom. The Hall–Kier alpha value is 0.911. The van der Waals surface area contributed by atoms with Gasteiger partial charge in [-0.15, -0.1) is 0 Å². The molecule has 0 aromatic carbocycles. The molecular formula is C5H10BaO2. The van der Waals surface area contributed by atoms with Gasteiger partial charge in [0.1, 0.15) is 11.6 Å². The molecule has 0 aliphatic carbocycles. The zero-order valence-electron chi connectivity index (χ0n) is 7.23. The van der Waals surface area contributed by atoms with Crippen LogP contribution in [0.2, 0.25) is 0 Å². The molecule has 0 aromatic rings. The van der Waals surface area contributed by atoms with E-state index >= 15 is 0 Å². The molecule has 0 N–H and O–H groups in total. The predicted molar refractivity (Wildman–Crippen MR) is 34.0 cm³/mol. The van der Waals surface area contributed by atoms with E-state index in [1.165, 1.54) is 13.8 Å². The van der Waals surface area contributed by atoms with Crippen molar-refractivity contribution in [2.75, 3.05) is 0 Å². The van der Waals surface area contributed by atoms with Crippen LogP contribution in [-0.2, 0) is 9.59 Å². The smallest absolute Gasteiger partial charge is 1.00 e. The van der Waals surface area contributed by atoms with Crippen molar-refractivity contribution < 1.29 is 12.4 Å². The van der Waals surface area contributed by atoms with Crippen molar-refractivity contribution in [1.82, 2.24) is 0 Å². The maximum Gasteiger partial charge on any atom is 2.00 e. The van der Waals surface area contributed by atoms with Crippen molar-refractivity contribution >= 4 is 60.4 Å². The fourth-order valence-corrected chi connectivity index (χ4v) is 0.351. The maximum atomic E-state index is 10.0. The van der Waals surface area contributed by atoms with E-state index < -0.39 is 0 Å². The van der Waals surface area contributed by atoms with Gasteiger partial charge in [-0.05, 0) is 13.8 Å². The molecule has 0 heterocycles. The maximum absolute atomic E-state index is 10.0. The predicted octanol–water partition coefficient (Wildman–Crippen LogP) is 0.399. The average Bonchev–Trinajstić information content (AvgIpc) is 1.27. The van der Waals surface area contributed by atoms with Crippen molar-refractivity contribution in [2.24, 2.45) is 0 Å². The van der Waals surface area contributed by atoms with Crippen molar-refractivity contribution in [3.8, 4) is 0 Å². The average molecular weight is 239 g/mol. The van der Waals surface area contributed by atoms with Crippen molar-refractivity contribution in [3.63, 3.8) is 0 Å². The standard InChI is InChI=1S/C5H8O2.Ba.2H/c1-4(6)3-5(2)7;;;/h3H2,1-2H3;;;/q;+2;2*-1. The van der Waals surface area contributed by atoms with E-state index in [2.05, 4.69) is 0 Å². The van der Waals surface area contributed by atoms with Gasteiger partial charge in [-0.3, -0.25) is 9.59 Å². The van der Waals surface area contributed by atoms with E-state index in [-0.39, 0.29) is 69.7 Å². The summed E-state index contributed by atoms with van der Waals surface area (Å²) in [6, 6.07) is 0. The van der Waals surface area contributed by atoms with Crippen LogP contribution in [0.5, 0.6) is 0 Å². The minimum atomic E-state index is -0.0625. The first-order chi connectivity index (χ1) is 3.13. The molecule has 0 aromatic heterocycles. The molecule has 0 radical (unpaired) electrons. The first kappa shape index (κ1) is 11.7. The van der Waals surface area contributed by atoms with Crippen LogP contribution in [-0.4, -0.2) is 60.4 Å². The molecule has 0 unspecified atom stereocenters. The first-order valence-corrected chi connectivity index (χ1v) is 2.12. The monoisotopic (exact) mass is 240 g/mol. The summed E-state index contributed by atoms with van der Waals surface area (Å²) in [6.07, 6.45) is 0.0833. The zero-order chi connectivity index (χ0) is 5.86. The summed E-state index contributed by atoms with van der Waals surface area (Å²) in [5.74, 6) is -0.125. The summed E-state index contributed by atoms with van der Waals surface area (Å²) < 4.78 is 0. The van der Waals surface area contributed by atoms with Crippen LogP contribution in [0.3, 0.4) is 0 Å². The number of ketones is 2. The number of carbonyl (C=O) groups excluding carboxylic acids is 2. The zero-order valence-corrected chi connectivity index (χ0v) is 9.67. The van der Waals surface area contributed by atoms with Gasteiger partial charge in [0.15, 0.2) is 0 Å². The van der Waals surface area contributed by atoms with E-state index in [4.69, 9.17) is 0 Å². The van der Waals surface area contributed by atoms with Crippen LogP contribution in [0.1, 0.15) is 23.1 Å². The van der Waals surface area contributed by atoms with Gasteiger partial charge in [0.25, 0.3) is 0 Å².